The predicted molar refractivity (Wildman–Crippen MR) is 100 cm³/mol. The fourth-order valence-corrected chi connectivity index (χ4v) is 4.32. The van der Waals surface area contributed by atoms with E-state index in [0.29, 0.717) is 5.56 Å². The average molecular weight is 414 g/mol. The number of nitrogens with one attached hydrogen (secondary N) is 1. The number of aliphatic hydroxyl groups is 1. The zero-order valence-electron chi connectivity index (χ0n) is 15.2. The van der Waals surface area contributed by atoms with E-state index in [1.165, 1.54) is 0 Å². The molecule has 0 bridgehead atoms. The summed E-state index contributed by atoms with van der Waals surface area (Å²) >= 11 is 0. The number of nitrogens with zero attached hydrogens (tertiary/aromatic N) is 1. The summed E-state index contributed by atoms with van der Waals surface area (Å²) in [6, 6.07) is 9.49. The van der Waals surface area contributed by atoms with Crippen molar-refractivity contribution in [2.45, 2.75) is 24.5 Å². The van der Waals surface area contributed by atoms with Gasteiger partial charge in [0.2, 0.25) is 10.0 Å². The zero-order chi connectivity index (χ0) is 20.5. The molecule has 3 rings (SSSR count). The first kappa shape index (κ1) is 20.6. The van der Waals surface area contributed by atoms with E-state index >= 15 is 0 Å². The van der Waals surface area contributed by atoms with Crippen molar-refractivity contribution in [3.05, 3.63) is 64.7 Å². The fourth-order valence-electron chi connectivity index (χ4n) is 3.18. The standard InChI is InChI=1S/C19H21F3N2O3S/c1-24-9-8-14-10-15(4-7-17(14)24)18(25)11-23-28(26,27)12-13-2-5-16(6-3-13)19(20,21)22/h2-7,10,18,23,25H,8-9,11-12H2,1H3. The SMILES string of the molecule is CN1CCc2cc(C(O)CNS(=O)(=O)Cc3ccc(C(F)(F)F)cc3)ccc21. The molecule has 0 amide bonds. The Morgan fingerprint density at radius 3 is 2.50 bits per heavy atom. The molecule has 1 heterocycles. The minimum atomic E-state index is -4.47. The monoisotopic (exact) mass is 414 g/mol. The lowest BCUT2D eigenvalue weighted by Gasteiger charge is -2.16. The molecule has 2 aromatic carbocycles. The molecule has 28 heavy (non-hydrogen) atoms. The molecule has 9 heteroatoms. The molecular formula is C19H21F3N2O3S. The van der Waals surface area contributed by atoms with Crippen molar-refractivity contribution >= 4 is 15.7 Å². The van der Waals surface area contributed by atoms with Crippen LogP contribution in [0, 0.1) is 0 Å². The third kappa shape index (κ3) is 4.84. The summed E-state index contributed by atoms with van der Waals surface area (Å²) in [5.74, 6) is -0.465. The second kappa shape index (κ2) is 7.73. The second-order valence-corrected chi connectivity index (χ2v) is 8.68. The maximum Gasteiger partial charge on any atom is 0.416 e. The smallest absolute Gasteiger partial charge is 0.387 e. The number of alkyl halides is 3. The van der Waals surface area contributed by atoms with Crippen LogP contribution in [0.2, 0.25) is 0 Å². The van der Waals surface area contributed by atoms with Crippen molar-refractivity contribution in [1.29, 1.82) is 0 Å². The van der Waals surface area contributed by atoms with Gasteiger partial charge in [0.25, 0.3) is 0 Å². The topological polar surface area (TPSA) is 69.6 Å². The number of fused-ring (bicyclic) bond motifs is 1. The largest absolute Gasteiger partial charge is 0.416 e. The van der Waals surface area contributed by atoms with Gasteiger partial charge in [0.05, 0.1) is 17.4 Å². The molecule has 0 spiro atoms. The fraction of sp³-hybridized carbons (Fsp3) is 0.368. The van der Waals surface area contributed by atoms with Crippen LogP contribution in [-0.2, 0) is 28.4 Å². The Kier molecular flexibility index (Phi) is 5.69. The van der Waals surface area contributed by atoms with Gasteiger partial charge < -0.3 is 10.0 Å². The molecule has 152 valence electrons. The van der Waals surface area contributed by atoms with Crippen LogP contribution in [0.1, 0.15) is 28.4 Å². The number of halogens is 3. The predicted octanol–water partition coefficient (Wildman–Crippen LogP) is 2.85. The maximum absolute atomic E-state index is 12.6. The first-order valence-electron chi connectivity index (χ1n) is 8.71. The van der Waals surface area contributed by atoms with Crippen molar-refractivity contribution < 1.29 is 26.7 Å². The van der Waals surface area contributed by atoms with Gasteiger partial charge in [-0.1, -0.05) is 24.3 Å². The number of hydrogen-bond acceptors (Lipinski definition) is 4. The van der Waals surface area contributed by atoms with E-state index < -0.39 is 33.6 Å². The number of aliphatic hydroxyl groups excluding tert-OH is 1. The molecule has 2 aromatic rings. The third-order valence-electron chi connectivity index (χ3n) is 4.75. The summed E-state index contributed by atoms with van der Waals surface area (Å²) in [6.45, 7) is 0.687. The molecule has 0 radical (unpaired) electrons. The van der Waals surface area contributed by atoms with Crippen molar-refractivity contribution in [3.63, 3.8) is 0 Å². The normalized spacial score (nSPS) is 15.5. The van der Waals surface area contributed by atoms with Crippen molar-refractivity contribution in [2.75, 3.05) is 25.0 Å². The average Bonchev–Trinajstić information content (AvgIpc) is 2.99. The van der Waals surface area contributed by atoms with Crippen molar-refractivity contribution in [1.82, 2.24) is 4.72 Å². The number of likely N-dealkylation sites (N-methyl/N-ethyl adjacent to an activating group) is 1. The summed E-state index contributed by atoms with van der Waals surface area (Å²) in [5, 5.41) is 10.3. The number of benzene rings is 2. The van der Waals surface area contributed by atoms with E-state index in [1.54, 1.807) is 6.07 Å². The van der Waals surface area contributed by atoms with Crippen LogP contribution in [0.5, 0.6) is 0 Å². The highest BCUT2D eigenvalue weighted by Gasteiger charge is 2.30. The molecule has 1 aliphatic heterocycles. The van der Waals surface area contributed by atoms with E-state index in [1.807, 2.05) is 19.2 Å². The summed E-state index contributed by atoms with van der Waals surface area (Å²) in [5.41, 5.74) is 2.21. The summed E-state index contributed by atoms with van der Waals surface area (Å²) in [7, 11) is -1.82. The maximum atomic E-state index is 12.6. The van der Waals surface area contributed by atoms with Crippen LogP contribution in [0.3, 0.4) is 0 Å². The van der Waals surface area contributed by atoms with Gasteiger partial charge in [-0.2, -0.15) is 13.2 Å². The number of sulfonamides is 1. The summed E-state index contributed by atoms with van der Waals surface area (Å²) in [4.78, 5) is 2.11. The second-order valence-electron chi connectivity index (χ2n) is 6.88. The van der Waals surface area contributed by atoms with Crippen LogP contribution in [0.15, 0.2) is 42.5 Å². The lowest BCUT2D eigenvalue weighted by atomic mass is 10.0. The lowest BCUT2D eigenvalue weighted by molar-refractivity contribution is -0.137. The van der Waals surface area contributed by atoms with Gasteiger partial charge in [-0.05, 0) is 41.3 Å². The number of hydrogen-bond donors (Lipinski definition) is 2. The molecule has 1 atom stereocenters. The molecule has 0 aromatic heterocycles. The zero-order valence-corrected chi connectivity index (χ0v) is 16.0. The quantitative estimate of drug-likeness (QED) is 0.763. The van der Waals surface area contributed by atoms with Crippen LogP contribution in [0.4, 0.5) is 18.9 Å². The van der Waals surface area contributed by atoms with Crippen LogP contribution in [-0.4, -0.2) is 33.7 Å². The van der Waals surface area contributed by atoms with Gasteiger partial charge in [-0.25, -0.2) is 13.1 Å². The van der Waals surface area contributed by atoms with Crippen molar-refractivity contribution in [2.24, 2.45) is 0 Å². The van der Waals surface area contributed by atoms with Gasteiger partial charge in [0.1, 0.15) is 0 Å². The first-order valence-corrected chi connectivity index (χ1v) is 10.4. The highest BCUT2D eigenvalue weighted by Crippen LogP contribution is 2.30. The van der Waals surface area contributed by atoms with Gasteiger partial charge >= 0.3 is 6.18 Å². The van der Waals surface area contributed by atoms with Gasteiger partial charge in [-0.15, -0.1) is 0 Å². The molecule has 1 unspecified atom stereocenters. The first-order chi connectivity index (χ1) is 13.0. The highest BCUT2D eigenvalue weighted by molar-refractivity contribution is 7.88. The van der Waals surface area contributed by atoms with Gasteiger partial charge in [0.15, 0.2) is 0 Å². The van der Waals surface area contributed by atoms with Crippen LogP contribution < -0.4 is 9.62 Å². The van der Waals surface area contributed by atoms with Crippen LogP contribution in [0.25, 0.3) is 0 Å². The molecule has 5 nitrogen and oxygen atoms in total. The number of anilines is 1. The Bertz CT molecular complexity index is 944. The van der Waals surface area contributed by atoms with E-state index in [-0.39, 0.29) is 12.1 Å². The Morgan fingerprint density at radius 2 is 1.86 bits per heavy atom. The lowest BCUT2D eigenvalue weighted by Crippen LogP contribution is -2.29. The third-order valence-corrected chi connectivity index (χ3v) is 6.07. The molecule has 1 aliphatic rings. The van der Waals surface area contributed by atoms with Crippen molar-refractivity contribution in [3.8, 4) is 0 Å². The van der Waals surface area contributed by atoms with E-state index in [2.05, 4.69) is 9.62 Å². The summed E-state index contributed by atoms with van der Waals surface area (Å²) in [6.07, 6.45) is -4.62. The Labute approximate surface area is 161 Å². The van der Waals surface area contributed by atoms with Gasteiger partial charge in [-0.3, -0.25) is 0 Å². The molecule has 0 saturated carbocycles. The summed E-state index contributed by atoms with van der Waals surface area (Å²) < 4.78 is 64.4. The number of rotatable bonds is 6. The molecule has 2 N–H and O–H groups in total. The van der Waals surface area contributed by atoms with E-state index in [9.17, 15) is 26.7 Å². The molecule has 0 fully saturated rings. The Morgan fingerprint density at radius 1 is 1.18 bits per heavy atom. The Hall–Kier alpha value is -2.10. The van der Waals surface area contributed by atoms with E-state index in [0.717, 1.165) is 48.5 Å². The molecular weight excluding hydrogens is 393 g/mol. The van der Waals surface area contributed by atoms with E-state index in [4.69, 9.17) is 0 Å². The minimum absolute atomic E-state index is 0.211. The Balaban J connectivity index is 1.60. The molecule has 0 saturated heterocycles. The highest BCUT2D eigenvalue weighted by atomic mass is 32.2. The van der Waals surface area contributed by atoms with Crippen LogP contribution >= 0.6 is 0 Å². The van der Waals surface area contributed by atoms with Gasteiger partial charge in [0, 0.05) is 25.8 Å². The minimum Gasteiger partial charge on any atom is -0.387 e. The molecule has 0 aliphatic carbocycles.